The summed E-state index contributed by atoms with van der Waals surface area (Å²) in [6, 6.07) is 12.9. The SMILES string of the molecule is Cc1ccc(CNC(=O)CCC(=O)c2ccc3c(c2)N(C)C(=O)C(C)O3)cc1. The second-order valence-electron chi connectivity index (χ2n) is 7.03. The van der Waals surface area contributed by atoms with Crippen LogP contribution in [0.4, 0.5) is 5.69 Å². The Morgan fingerprint density at radius 1 is 1.11 bits per heavy atom. The van der Waals surface area contributed by atoms with Gasteiger partial charge in [-0.2, -0.15) is 0 Å². The fourth-order valence-corrected chi connectivity index (χ4v) is 3.05. The van der Waals surface area contributed by atoms with E-state index in [4.69, 9.17) is 4.74 Å². The van der Waals surface area contributed by atoms with E-state index in [-0.39, 0.29) is 30.4 Å². The molecular weight excluding hydrogens is 356 g/mol. The summed E-state index contributed by atoms with van der Waals surface area (Å²) in [5, 5.41) is 2.83. The van der Waals surface area contributed by atoms with Gasteiger partial charge in [-0.1, -0.05) is 29.8 Å². The lowest BCUT2D eigenvalue weighted by molar-refractivity contribution is -0.125. The van der Waals surface area contributed by atoms with Gasteiger partial charge >= 0.3 is 0 Å². The zero-order valence-corrected chi connectivity index (χ0v) is 16.3. The number of nitrogens with zero attached hydrogens (tertiary/aromatic N) is 1. The van der Waals surface area contributed by atoms with Gasteiger partial charge in [0.25, 0.3) is 5.91 Å². The number of carbonyl (C=O) groups excluding carboxylic acids is 3. The number of ether oxygens (including phenoxy) is 1. The van der Waals surface area contributed by atoms with Gasteiger partial charge < -0.3 is 15.0 Å². The number of hydrogen-bond acceptors (Lipinski definition) is 4. The molecule has 6 heteroatoms. The summed E-state index contributed by atoms with van der Waals surface area (Å²) in [4.78, 5) is 38.1. The molecule has 0 aromatic heterocycles. The van der Waals surface area contributed by atoms with Gasteiger partial charge in [0.2, 0.25) is 5.91 Å². The highest BCUT2D eigenvalue weighted by molar-refractivity contribution is 6.03. The molecule has 1 atom stereocenters. The molecule has 0 aliphatic carbocycles. The highest BCUT2D eigenvalue weighted by atomic mass is 16.5. The molecular formula is C22H24N2O4. The monoisotopic (exact) mass is 380 g/mol. The van der Waals surface area contributed by atoms with Crippen molar-refractivity contribution in [3.63, 3.8) is 0 Å². The molecule has 0 saturated carbocycles. The number of amides is 2. The minimum absolute atomic E-state index is 0.105. The van der Waals surface area contributed by atoms with Crippen LogP contribution in [-0.4, -0.2) is 30.7 Å². The van der Waals surface area contributed by atoms with E-state index in [9.17, 15) is 14.4 Å². The average molecular weight is 380 g/mol. The summed E-state index contributed by atoms with van der Waals surface area (Å²) in [7, 11) is 1.66. The third-order valence-corrected chi connectivity index (χ3v) is 4.81. The quantitative estimate of drug-likeness (QED) is 0.782. The number of aryl methyl sites for hydroxylation is 1. The number of benzene rings is 2. The first-order valence-electron chi connectivity index (χ1n) is 9.29. The molecule has 1 N–H and O–H groups in total. The van der Waals surface area contributed by atoms with Crippen LogP contribution >= 0.6 is 0 Å². The first kappa shape index (κ1) is 19.6. The lowest BCUT2D eigenvalue weighted by atomic mass is 10.0. The van der Waals surface area contributed by atoms with Gasteiger partial charge in [0.15, 0.2) is 11.9 Å². The van der Waals surface area contributed by atoms with Crippen LogP contribution in [0, 0.1) is 6.92 Å². The second kappa shape index (κ2) is 8.25. The number of likely N-dealkylation sites (N-methyl/N-ethyl adjacent to an activating group) is 1. The molecule has 2 aromatic rings. The zero-order valence-electron chi connectivity index (χ0n) is 16.3. The Balaban J connectivity index is 1.55. The second-order valence-corrected chi connectivity index (χ2v) is 7.03. The Morgan fingerprint density at radius 3 is 2.54 bits per heavy atom. The molecule has 1 aliphatic rings. The summed E-state index contributed by atoms with van der Waals surface area (Å²) in [5.74, 6) is 0.0960. The van der Waals surface area contributed by atoms with Crippen molar-refractivity contribution in [2.24, 2.45) is 0 Å². The Labute approximate surface area is 164 Å². The molecule has 28 heavy (non-hydrogen) atoms. The van der Waals surface area contributed by atoms with Crippen LogP contribution in [0.3, 0.4) is 0 Å². The topological polar surface area (TPSA) is 75.7 Å². The Bertz CT molecular complexity index is 905. The van der Waals surface area contributed by atoms with E-state index >= 15 is 0 Å². The summed E-state index contributed by atoms with van der Waals surface area (Å²) in [6.07, 6.45) is -0.325. The highest BCUT2D eigenvalue weighted by Crippen LogP contribution is 2.34. The first-order valence-corrected chi connectivity index (χ1v) is 9.29. The van der Waals surface area contributed by atoms with Crippen molar-refractivity contribution < 1.29 is 19.1 Å². The molecule has 0 fully saturated rings. The van der Waals surface area contributed by atoms with Gasteiger partial charge in [-0.25, -0.2) is 0 Å². The van der Waals surface area contributed by atoms with Crippen LogP contribution in [-0.2, 0) is 16.1 Å². The number of ketones is 1. The summed E-state index contributed by atoms with van der Waals surface area (Å²) < 4.78 is 5.56. The Hall–Kier alpha value is -3.15. The van der Waals surface area contributed by atoms with Gasteiger partial charge in [-0.05, 0) is 37.6 Å². The van der Waals surface area contributed by atoms with Crippen molar-refractivity contribution in [2.75, 3.05) is 11.9 Å². The number of nitrogens with one attached hydrogen (secondary N) is 1. The van der Waals surface area contributed by atoms with Crippen LogP contribution in [0.25, 0.3) is 0 Å². The largest absolute Gasteiger partial charge is 0.479 e. The molecule has 6 nitrogen and oxygen atoms in total. The third-order valence-electron chi connectivity index (χ3n) is 4.81. The minimum atomic E-state index is -0.545. The number of carbonyl (C=O) groups is 3. The minimum Gasteiger partial charge on any atom is -0.479 e. The van der Waals surface area contributed by atoms with Gasteiger partial charge in [-0.15, -0.1) is 0 Å². The van der Waals surface area contributed by atoms with Gasteiger partial charge in [0.1, 0.15) is 5.75 Å². The van der Waals surface area contributed by atoms with Crippen molar-refractivity contribution in [2.45, 2.75) is 39.3 Å². The number of rotatable bonds is 6. The highest BCUT2D eigenvalue weighted by Gasteiger charge is 2.29. The van der Waals surface area contributed by atoms with E-state index in [0.717, 1.165) is 11.1 Å². The number of hydrogen-bond donors (Lipinski definition) is 1. The van der Waals surface area contributed by atoms with Crippen LogP contribution in [0.2, 0.25) is 0 Å². The molecule has 0 bridgehead atoms. The molecule has 0 spiro atoms. The first-order chi connectivity index (χ1) is 13.3. The van der Waals surface area contributed by atoms with Crippen LogP contribution < -0.4 is 15.0 Å². The lowest BCUT2D eigenvalue weighted by Gasteiger charge is -2.30. The van der Waals surface area contributed by atoms with Crippen molar-refractivity contribution in [3.8, 4) is 5.75 Å². The fraction of sp³-hybridized carbons (Fsp3) is 0.318. The van der Waals surface area contributed by atoms with Crippen molar-refractivity contribution in [1.82, 2.24) is 5.32 Å². The van der Waals surface area contributed by atoms with Gasteiger partial charge in [0, 0.05) is 32.0 Å². The van der Waals surface area contributed by atoms with Gasteiger partial charge in [0.05, 0.1) is 5.69 Å². The fourth-order valence-electron chi connectivity index (χ4n) is 3.05. The van der Waals surface area contributed by atoms with E-state index in [1.165, 1.54) is 4.90 Å². The smallest absolute Gasteiger partial charge is 0.267 e. The van der Waals surface area contributed by atoms with Crippen LogP contribution in [0.1, 0.15) is 41.3 Å². The van der Waals surface area contributed by atoms with E-state index in [2.05, 4.69) is 5.32 Å². The number of anilines is 1. The van der Waals surface area contributed by atoms with Crippen LogP contribution in [0.5, 0.6) is 5.75 Å². The number of Topliss-reactive ketones (excluding diaryl/α,β-unsaturated/α-hetero) is 1. The predicted molar refractivity (Wildman–Crippen MR) is 107 cm³/mol. The van der Waals surface area contributed by atoms with Gasteiger partial charge in [-0.3, -0.25) is 14.4 Å². The Kier molecular flexibility index (Phi) is 5.78. The summed E-state index contributed by atoms with van der Waals surface area (Å²) in [6.45, 7) is 4.14. The summed E-state index contributed by atoms with van der Waals surface area (Å²) >= 11 is 0. The maximum atomic E-state index is 12.5. The molecule has 0 saturated heterocycles. The lowest BCUT2D eigenvalue weighted by Crippen LogP contribution is -2.42. The van der Waals surface area contributed by atoms with Crippen molar-refractivity contribution >= 4 is 23.3 Å². The maximum Gasteiger partial charge on any atom is 0.267 e. The van der Waals surface area contributed by atoms with Crippen molar-refractivity contribution in [1.29, 1.82) is 0 Å². The van der Waals surface area contributed by atoms with E-state index in [1.807, 2.05) is 31.2 Å². The third kappa shape index (κ3) is 4.39. The van der Waals surface area contributed by atoms with E-state index in [0.29, 0.717) is 23.5 Å². The van der Waals surface area contributed by atoms with E-state index in [1.54, 1.807) is 32.2 Å². The molecule has 0 radical (unpaired) electrons. The normalized spacial score (nSPS) is 15.6. The maximum absolute atomic E-state index is 12.5. The van der Waals surface area contributed by atoms with Crippen LogP contribution in [0.15, 0.2) is 42.5 Å². The molecule has 146 valence electrons. The molecule has 1 unspecified atom stereocenters. The molecule has 1 aliphatic heterocycles. The average Bonchev–Trinajstić information content (AvgIpc) is 2.69. The molecule has 3 rings (SSSR count). The standard InChI is InChI=1S/C22H24N2O4/c1-14-4-6-16(7-5-14)13-23-21(26)11-9-19(25)17-8-10-20-18(12-17)24(3)22(27)15(2)28-20/h4-8,10,12,15H,9,11,13H2,1-3H3,(H,23,26). The predicted octanol–water partition coefficient (Wildman–Crippen LogP) is 3.02. The number of fused-ring (bicyclic) bond motifs is 1. The molecule has 2 aromatic carbocycles. The zero-order chi connectivity index (χ0) is 20.3. The Morgan fingerprint density at radius 2 is 1.82 bits per heavy atom. The molecule has 1 heterocycles. The molecule has 2 amide bonds. The van der Waals surface area contributed by atoms with E-state index < -0.39 is 6.10 Å². The van der Waals surface area contributed by atoms with Crippen molar-refractivity contribution in [3.05, 3.63) is 59.2 Å². The summed E-state index contributed by atoms with van der Waals surface area (Å²) in [5.41, 5.74) is 3.21.